The average Bonchev–Trinajstić information content (AvgIpc) is 2.45. The summed E-state index contributed by atoms with van der Waals surface area (Å²) in [5.74, 6) is -0.474. The van der Waals surface area contributed by atoms with Crippen LogP contribution in [0.15, 0.2) is 18.2 Å². The van der Waals surface area contributed by atoms with Crippen molar-refractivity contribution in [1.82, 2.24) is 10.2 Å². The molecule has 1 aromatic carbocycles. The minimum absolute atomic E-state index is 0.151. The number of likely N-dealkylation sites (tertiary alicyclic amines) is 1. The van der Waals surface area contributed by atoms with Crippen LogP contribution in [0.25, 0.3) is 0 Å². The normalized spacial score (nSPS) is 16.9. The van der Waals surface area contributed by atoms with Gasteiger partial charge in [0.2, 0.25) is 0 Å². The Hall–Kier alpha value is -1.46. The van der Waals surface area contributed by atoms with E-state index in [2.05, 4.69) is 10.2 Å². The molecule has 0 aliphatic carbocycles. The quantitative estimate of drug-likeness (QED) is 0.813. The summed E-state index contributed by atoms with van der Waals surface area (Å²) in [6, 6.07) is 4.20. The number of nitrogens with zero attached hydrogens (tertiary/aromatic N) is 1. The Morgan fingerprint density at radius 3 is 2.81 bits per heavy atom. The van der Waals surface area contributed by atoms with Crippen LogP contribution in [0.5, 0.6) is 0 Å². The van der Waals surface area contributed by atoms with E-state index in [-0.39, 0.29) is 17.8 Å². The second kappa shape index (κ2) is 7.52. The van der Waals surface area contributed by atoms with Gasteiger partial charge in [-0.05, 0) is 56.5 Å². The van der Waals surface area contributed by atoms with Crippen molar-refractivity contribution in [3.05, 3.63) is 35.1 Å². The van der Waals surface area contributed by atoms with Crippen molar-refractivity contribution in [3.63, 3.8) is 0 Å². The number of aliphatic hydroxyl groups excluding tert-OH is 1. The van der Waals surface area contributed by atoms with Gasteiger partial charge < -0.3 is 15.3 Å². The lowest BCUT2D eigenvalue weighted by Gasteiger charge is -2.29. The molecule has 0 aromatic heterocycles. The first-order valence-corrected chi connectivity index (χ1v) is 7.51. The number of hydrogen-bond donors (Lipinski definition) is 2. The molecule has 1 amide bonds. The van der Waals surface area contributed by atoms with Gasteiger partial charge in [0.25, 0.3) is 5.91 Å². The number of carbonyl (C=O) groups is 1. The summed E-state index contributed by atoms with van der Waals surface area (Å²) < 4.78 is 13.0. The van der Waals surface area contributed by atoms with Crippen molar-refractivity contribution in [2.24, 2.45) is 0 Å². The van der Waals surface area contributed by atoms with E-state index in [0.717, 1.165) is 38.9 Å². The molecule has 0 bridgehead atoms. The Morgan fingerprint density at radius 1 is 1.43 bits per heavy atom. The zero-order valence-electron chi connectivity index (χ0n) is 12.4. The van der Waals surface area contributed by atoms with Crippen LogP contribution in [0.4, 0.5) is 4.39 Å². The van der Waals surface area contributed by atoms with Crippen molar-refractivity contribution in [2.45, 2.75) is 32.3 Å². The number of hydrogen-bond acceptors (Lipinski definition) is 3. The molecule has 1 fully saturated rings. The molecule has 21 heavy (non-hydrogen) atoms. The van der Waals surface area contributed by atoms with E-state index < -0.39 is 0 Å². The molecule has 0 spiro atoms. The highest BCUT2D eigenvalue weighted by atomic mass is 19.1. The van der Waals surface area contributed by atoms with Crippen molar-refractivity contribution < 1.29 is 14.3 Å². The third-order valence-electron chi connectivity index (χ3n) is 3.93. The van der Waals surface area contributed by atoms with Gasteiger partial charge in [-0.2, -0.15) is 0 Å². The minimum Gasteiger partial charge on any atom is -0.393 e. The summed E-state index contributed by atoms with van der Waals surface area (Å²) in [7, 11) is 0. The molecule has 4 nitrogen and oxygen atoms in total. The number of carbonyl (C=O) groups excluding carboxylic acids is 1. The lowest BCUT2D eigenvalue weighted by Crippen LogP contribution is -2.37. The van der Waals surface area contributed by atoms with Crippen LogP contribution in [-0.4, -0.2) is 48.2 Å². The summed E-state index contributed by atoms with van der Waals surface area (Å²) in [5, 5.41) is 12.3. The third-order valence-corrected chi connectivity index (χ3v) is 3.93. The molecule has 1 aliphatic rings. The lowest BCUT2D eigenvalue weighted by atomic mass is 10.1. The zero-order valence-corrected chi connectivity index (χ0v) is 12.4. The number of rotatable bonds is 5. The van der Waals surface area contributed by atoms with Crippen LogP contribution in [0.3, 0.4) is 0 Å². The molecule has 0 radical (unpaired) electrons. The Bertz CT molecular complexity index is 485. The van der Waals surface area contributed by atoms with Gasteiger partial charge in [0, 0.05) is 25.2 Å². The Kier molecular flexibility index (Phi) is 5.70. The molecule has 0 unspecified atom stereocenters. The molecule has 2 rings (SSSR count). The predicted molar refractivity (Wildman–Crippen MR) is 79.8 cm³/mol. The van der Waals surface area contributed by atoms with Crippen LogP contribution < -0.4 is 5.32 Å². The maximum absolute atomic E-state index is 13.0. The molecule has 0 atom stereocenters. The summed E-state index contributed by atoms with van der Waals surface area (Å²) in [6.07, 6.45) is 2.40. The summed E-state index contributed by atoms with van der Waals surface area (Å²) in [6.45, 7) is 5.11. The molecule has 2 N–H and O–H groups in total. The van der Waals surface area contributed by atoms with E-state index in [1.165, 1.54) is 18.2 Å². The average molecular weight is 294 g/mol. The van der Waals surface area contributed by atoms with E-state index in [9.17, 15) is 14.3 Å². The summed E-state index contributed by atoms with van der Waals surface area (Å²) in [4.78, 5) is 14.3. The highest BCUT2D eigenvalue weighted by Crippen LogP contribution is 2.11. The van der Waals surface area contributed by atoms with Crippen molar-refractivity contribution >= 4 is 5.91 Å². The van der Waals surface area contributed by atoms with E-state index >= 15 is 0 Å². The zero-order chi connectivity index (χ0) is 15.2. The van der Waals surface area contributed by atoms with Gasteiger partial charge in [0.1, 0.15) is 5.82 Å². The molecule has 5 heteroatoms. The topological polar surface area (TPSA) is 52.6 Å². The standard InChI is InChI=1S/C16H23FN2O2/c1-12-11-13(17)3-4-15(12)16(21)18-7-2-8-19-9-5-14(20)6-10-19/h3-4,11,14,20H,2,5-10H2,1H3,(H,18,21). The van der Waals surface area contributed by atoms with Crippen LogP contribution >= 0.6 is 0 Å². The maximum atomic E-state index is 13.0. The molecule has 1 aliphatic heterocycles. The van der Waals surface area contributed by atoms with Gasteiger partial charge in [-0.1, -0.05) is 0 Å². The van der Waals surface area contributed by atoms with E-state index in [4.69, 9.17) is 0 Å². The third kappa shape index (κ3) is 4.79. The fourth-order valence-electron chi connectivity index (χ4n) is 2.62. The Balaban J connectivity index is 1.69. The first kappa shape index (κ1) is 15.9. The van der Waals surface area contributed by atoms with Gasteiger partial charge in [0.05, 0.1) is 6.10 Å². The van der Waals surface area contributed by atoms with Gasteiger partial charge in [-0.25, -0.2) is 4.39 Å². The second-order valence-electron chi connectivity index (χ2n) is 5.64. The summed E-state index contributed by atoms with van der Waals surface area (Å²) >= 11 is 0. The Morgan fingerprint density at radius 2 is 2.14 bits per heavy atom. The van der Waals surface area contributed by atoms with Gasteiger partial charge in [-0.15, -0.1) is 0 Å². The van der Waals surface area contributed by atoms with Crippen LogP contribution in [0.1, 0.15) is 35.2 Å². The highest BCUT2D eigenvalue weighted by Gasteiger charge is 2.16. The first-order chi connectivity index (χ1) is 10.1. The fraction of sp³-hybridized carbons (Fsp3) is 0.562. The molecule has 116 valence electrons. The summed E-state index contributed by atoms with van der Waals surface area (Å²) in [5.41, 5.74) is 1.18. The van der Waals surface area contributed by atoms with E-state index in [0.29, 0.717) is 17.7 Å². The van der Waals surface area contributed by atoms with Gasteiger partial charge in [0.15, 0.2) is 0 Å². The number of benzene rings is 1. The highest BCUT2D eigenvalue weighted by molar-refractivity contribution is 5.95. The SMILES string of the molecule is Cc1cc(F)ccc1C(=O)NCCCN1CCC(O)CC1. The first-order valence-electron chi connectivity index (χ1n) is 7.51. The fourth-order valence-corrected chi connectivity index (χ4v) is 2.62. The molecular formula is C16H23FN2O2. The molecular weight excluding hydrogens is 271 g/mol. The maximum Gasteiger partial charge on any atom is 0.251 e. The number of nitrogens with one attached hydrogen (secondary N) is 1. The number of aryl methyl sites for hydroxylation is 1. The van der Waals surface area contributed by atoms with Gasteiger partial charge in [-0.3, -0.25) is 4.79 Å². The largest absolute Gasteiger partial charge is 0.393 e. The van der Waals surface area contributed by atoms with Crippen LogP contribution in [0, 0.1) is 12.7 Å². The van der Waals surface area contributed by atoms with Crippen LogP contribution in [-0.2, 0) is 0 Å². The predicted octanol–water partition coefficient (Wildman–Crippen LogP) is 1.71. The lowest BCUT2D eigenvalue weighted by molar-refractivity contribution is 0.0816. The van der Waals surface area contributed by atoms with Crippen molar-refractivity contribution in [3.8, 4) is 0 Å². The van der Waals surface area contributed by atoms with Crippen LogP contribution in [0.2, 0.25) is 0 Å². The molecule has 1 saturated heterocycles. The van der Waals surface area contributed by atoms with E-state index in [1.807, 2.05) is 0 Å². The number of amides is 1. The number of halogens is 1. The number of aliphatic hydroxyl groups is 1. The molecule has 0 saturated carbocycles. The van der Waals surface area contributed by atoms with Gasteiger partial charge >= 0.3 is 0 Å². The molecule has 1 heterocycles. The smallest absolute Gasteiger partial charge is 0.251 e. The van der Waals surface area contributed by atoms with Crippen molar-refractivity contribution in [2.75, 3.05) is 26.2 Å². The second-order valence-corrected chi connectivity index (χ2v) is 5.64. The monoisotopic (exact) mass is 294 g/mol. The van der Waals surface area contributed by atoms with E-state index in [1.54, 1.807) is 6.92 Å². The number of piperidine rings is 1. The van der Waals surface area contributed by atoms with Crippen molar-refractivity contribution in [1.29, 1.82) is 0 Å². The minimum atomic E-state index is -0.323. The molecule has 1 aromatic rings. The Labute approximate surface area is 125 Å².